The van der Waals surface area contributed by atoms with E-state index in [1.54, 1.807) is 32.2 Å². The Labute approximate surface area is 215 Å². The van der Waals surface area contributed by atoms with Gasteiger partial charge in [-0.1, -0.05) is 6.92 Å². The molecule has 13 heteroatoms. The maximum Gasteiger partial charge on any atom is 0.414 e. The number of aromatic nitrogens is 5. The van der Waals surface area contributed by atoms with Gasteiger partial charge in [0, 0.05) is 57.6 Å². The van der Waals surface area contributed by atoms with Crippen LogP contribution in [0.2, 0.25) is 0 Å². The van der Waals surface area contributed by atoms with Crippen LogP contribution in [0.3, 0.4) is 0 Å². The zero-order valence-electron chi connectivity index (χ0n) is 21.3. The van der Waals surface area contributed by atoms with Crippen molar-refractivity contribution >= 4 is 41.1 Å². The van der Waals surface area contributed by atoms with Gasteiger partial charge in [-0.25, -0.2) is 14.8 Å². The monoisotopic (exact) mass is 508 g/mol. The molecule has 0 spiro atoms. The van der Waals surface area contributed by atoms with Gasteiger partial charge in [0.2, 0.25) is 17.8 Å². The van der Waals surface area contributed by atoms with E-state index in [9.17, 15) is 9.59 Å². The molecule has 0 bridgehead atoms. The zero-order valence-corrected chi connectivity index (χ0v) is 21.3. The summed E-state index contributed by atoms with van der Waals surface area (Å²) in [5, 5.41) is 7.58. The summed E-state index contributed by atoms with van der Waals surface area (Å²) < 4.78 is 6.61. The topological polar surface area (TPSA) is 148 Å². The number of nitrogens with one attached hydrogen (secondary N) is 1. The van der Waals surface area contributed by atoms with Crippen molar-refractivity contribution in [3.63, 3.8) is 0 Å². The minimum atomic E-state index is -0.406. The number of nitrogens with two attached hydrogens (primary N) is 1. The molecular formula is C24H32N10O3. The van der Waals surface area contributed by atoms with Crippen molar-refractivity contribution in [3.8, 4) is 5.82 Å². The molecule has 1 aromatic carbocycles. The lowest BCUT2D eigenvalue weighted by molar-refractivity contribution is -0.128. The standard InChI is InChI=1S/C24H32N10O3/c1-4-14-37-24(36)31(3)19-8-6-18(7-9-19)28-23-29-22(25)34(30-23)21-15-20(26-16-27-21)33-11-5-10-32(12-13-33)17(2)35/h6-9,15-16H,4-5,10-14H2,1-3H3,(H3,25,28,29,30). The molecule has 0 atom stereocenters. The van der Waals surface area contributed by atoms with Gasteiger partial charge >= 0.3 is 6.09 Å². The molecule has 2 amide bonds. The highest BCUT2D eigenvalue weighted by atomic mass is 16.6. The molecule has 3 N–H and O–H groups in total. The fraction of sp³-hybridized carbons (Fsp3) is 0.417. The number of hydrogen-bond acceptors (Lipinski definition) is 10. The number of rotatable bonds is 7. The van der Waals surface area contributed by atoms with E-state index in [4.69, 9.17) is 10.5 Å². The molecular weight excluding hydrogens is 476 g/mol. The Bertz CT molecular complexity index is 1230. The molecule has 13 nitrogen and oxygen atoms in total. The largest absolute Gasteiger partial charge is 0.449 e. The Morgan fingerprint density at radius 2 is 1.86 bits per heavy atom. The van der Waals surface area contributed by atoms with Gasteiger partial charge < -0.3 is 25.6 Å². The lowest BCUT2D eigenvalue weighted by Crippen LogP contribution is -2.33. The summed E-state index contributed by atoms with van der Waals surface area (Å²) >= 11 is 0. The number of carbonyl (C=O) groups is 2. The van der Waals surface area contributed by atoms with Crippen LogP contribution in [-0.2, 0) is 9.53 Å². The molecule has 1 aliphatic rings. The molecule has 0 unspecified atom stereocenters. The minimum Gasteiger partial charge on any atom is -0.449 e. The SMILES string of the molecule is CCCOC(=O)N(C)c1ccc(Nc2nc(N)n(-c3cc(N4CCCN(C(C)=O)CC4)ncn3)n2)cc1. The molecule has 0 aliphatic carbocycles. The third-order valence-electron chi connectivity index (χ3n) is 5.97. The number of carbonyl (C=O) groups excluding carboxylic acids is 2. The first-order chi connectivity index (χ1) is 17.9. The van der Waals surface area contributed by atoms with E-state index in [-0.39, 0.29) is 11.9 Å². The summed E-state index contributed by atoms with van der Waals surface area (Å²) in [5.74, 6) is 1.76. The third kappa shape index (κ3) is 6.23. The summed E-state index contributed by atoms with van der Waals surface area (Å²) in [6, 6.07) is 9.01. The molecule has 3 heterocycles. The van der Waals surface area contributed by atoms with E-state index >= 15 is 0 Å². The number of ether oxygens (including phenoxy) is 1. The highest BCUT2D eigenvalue weighted by molar-refractivity contribution is 5.87. The van der Waals surface area contributed by atoms with Gasteiger partial charge in [-0.05, 0) is 37.1 Å². The van der Waals surface area contributed by atoms with Crippen LogP contribution in [0.15, 0.2) is 36.7 Å². The Morgan fingerprint density at radius 3 is 2.59 bits per heavy atom. The number of hydrogen-bond donors (Lipinski definition) is 2. The van der Waals surface area contributed by atoms with Gasteiger partial charge in [0.15, 0.2) is 5.82 Å². The van der Waals surface area contributed by atoms with E-state index in [1.807, 2.05) is 24.0 Å². The van der Waals surface area contributed by atoms with Gasteiger partial charge in [0.1, 0.15) is 12.1 Å². The second kappa shape index (κ2) is 11.5. The first-order valence-electron chi connectivity index (χ1n) is 12.2. The normalized spacial score (nSPS) is 13.7. The fourth-order valence-corrected chi connectivity index (χ4v) is 3.92. The average molecular weight is 509 g/mol. The van der Waals surface area contributed by atoms with Crippen molar-refractivity contribution in [2.24, 2.45) is 0 Å². The molecule has 2 aromatic heterocycles. The summed E-state index contributed by atoms with van der Waals surface area (Å²) in [7, 11) is 1.66. The van der Waals surface area contributed by atoms with Crippen molar-refractivity contribution in [2.45, 2.75) is 26.7 Å². The van der Waals surface area contributed by atoms with Crippen LogP contribution < -0.4 is 20.9 Å². The second-order valence-corrected chi connectivity index (χ2v) is 8.63. The van der Waals surface area contributed by atoms with Crippen LogP contribution in [0.4, 0.5) is 33.9 Å². The summed E-state index contributed by atoms with van der Waals surface area (Å²) in [6.45, 7) is 6.74. The number of benzene rings is 1. The predicted octanol–water partition coefficient (Wildman–Crippen LogP) is 2.42. The van der Waals surface area contributed by atoms with Crippen molar-refractivity contribution in [1.29, 1.82) is 0 Å². The quantitative estimate of drug-likeness (QED) is 0.487. The van der Waals surface area contributed by atoms with E-state index in [2.05, 4.69) is 30.3 Å². The van der Waals surface area contributed by atoms with Crippen molar-refractivity contribution in [2.75, 3.05) is 60.7 Å². The molecule has 1 saturated heterocycles. The molecule has 37 heavy (non-hydrogen) atoms. The van der Waals surface area contributed by atoms with E-state index < -0.39 is 6.09 Å². The van der Waals surface area contributed by atoms with Crippen LogP contribution in [0.5, 0.6) is 0 Å². The summed E-state index contributed by atoms with van der Waals surface area (Å²) in [6.07, 6.45) is 2.68. The number of anilines is 5. The first-order valence-corrected chi connectivity index (χ1v) is 12.2. The molecule has 1 aliphatic heterocycles. The molecule has 1 fully saturated rings. The minimum absolute atomic E-state index is 0.0804. The maximum absolute atomic E-state index is 12.1. The third-order valence-corrected chi connectivity index (χ3v) is 5.97. The van der Waals surface area contributed by atoms with Gasteiger partial charge in [-0.3, -0.25) is 9.69 Å². The smallest absolute Gasteiger partial charge is 0.414 e. The van der Waals surface area contributed by atoms with E-state index in [0.717, 1.165) is 37.4 Å². The second-order valence-electron chi connectivity index (χ2n) is 8.63. The molecule has 3 aromatic rings. The van der Waals surface area contributed by atoms with E-state index in [0.29, 0.717) is 37.1 Å². The lowest BCUT2D eigenvalue weighted by Gasteiger charge is -2.22. The Kier molecular flexibility index (Phi) is 8.01. The average Bonchev–Trinajstić information content (AvgIpc) is 3.10. The van der Waals surface area contributed by atoms with E-state index in [1.165, 1.54) is 15.9 Å². The highest BCUT2D eigenvalue weighted by Crippen LogP contribution is 2.22. The van der Waals surface area contributed by atoms with Crippen molar-refractivity contribution in [3.05, 3.63) is 36.7 Å². The molecule has 4 rings (SSSR count). The zero-order chi connectivity index (χ0) is 26.4. The van der Waals surface area contributed by atoms with Crippen LogP contribution in [0.1, 0.15) is 26.7 Å². The van der Waals surface area contributed by atoms with Gasteiger partial charge in [-0.15, -0.1) is 5.10 Å². The number of amides is 2. The summed E-state index contributed by atoms with van der Waals surface area (Å²) in [5.41, 5.74) is 7.56. The Balaban J connectivity index is 1.44. The van der Waals surface area contributed by atoms with Crippen LogP contribution in [0, 0.1) is 0 Å². The highest BCUT2D eigenvalue weighted by Gasteiger charge is 2.19. The van der Waals surface area contributed by atoms with Gasteiger partial charge in [0.25, 0.3) is 0 Å². The van der Waals surface area contributed by atoms with Crippen LogP contribution >= 0.6 is 0 Å². The van der Waals surface area contributed by atoms with Gasteiger partial charge in [0.05, 0.1) is 6.61 Å². The Hall–Kier alpha value is -4.42. The number of nitrogens with zero attached hydrogens (tertiary/aromatic N) is 8. The van der Waals surface area contributed by atoms with Crippen LogP contribution in [-0.4, -0.2) is 81.5 Å². The van der Waals surface area contributed by atoms with Crippen molar-refractivity contribution in [1.82, 2.24) is 29.6 Å². The van der Waals surface area contributed by atoms with Crippen LogP contribution in [0.25, 0.3) is 5.82 Å². The molecule has 0 radical (unpaired) electrons. The van der Waals surface area contributed by atoms with Gasteiger partial charge in [-0.2, -0.15) is 9.67 Å². The fourth-order valence-electron chi connectivity index (χ4n) is 3.92. The first kappa shape index (κ1) is 25.7. The maximum atomic E-state index is 12.1. The molecule has 0 saturated carbocycles. The summed E-state index contributed by atoms with van der Waals surface area (Å²) in [4.78, 5) is 42.2. The van der Waals surface area contributed by atoms with Crippen molar-refractivity contribution < 1.29 is 14.3 Å². The Morgan fingerprint density at radius 1 is 1.11 bits per heavy atom. The number of nitrogen functional groups attached to an aromatic ring is 1. The molecule has 196 valence electrons. The lowest BCUT2D eigenvalue weighted by atomic mass is 10.2. The predicted molar refractivity (Wildman–Crippen MR) is 140 cm³/mol.